The van der Waals surface area contributed by atoms with Crippen molar-refractivity contribution in [1.29, 1.82) is 0 Å². The second-order valence-electron chi connectivity index (χ2n) is 10.5. The SMILES string of the molecule is Cc1ccc(N(CC(=O)N(Cc2cccc(Br)c2)[C@H](Cc2ccccc2)C(=O)NCC(C)C)S(C)(=O)=O)cc1C. The highest BCUT2D eigenvalue weighted by molar-refractivity contribution is 9.10. The summed E-state index contributed by atoms with van der Waals surface area (Å²) in [5.74, 6) is -0.525. The number of hydrogen-bond acceptors (Lipinski definition) is 4. The van der Waals surface area contributed by atoms with E-state index < -0.39 is 28.5 Å². The average Bonchev–Trinajstić information content (AvgIpc) is 2.89. The molecule has 0 spiro atoms. The topological polar surface area (TPSA) is 86.8 Å². The van der Waals surface area contributed by atoms with Crippen LogP contribution in [-0.4, -0.2) is 50.5 Å². The summed E-state index contributed by atoms with van der Waals surface area (Å²) >= 11 is 3.49. The van der Waals surface area contributed by atoms with Gasteiger partial charge in [0.15, 0.2) is 0 Å². The lowest BCUT2D eigenvalue weighted by Crippen LogP contribution is -2.53. The summed E-state index contributed by atoms with van der Waals surface area (Å²) in [5, 5.41) is 2.99. The van der Waals surface area contributed by atoms with Gasteiger partial charge in [-0.1, -0.05) is 78.3 Å². The Bertz CT molecular complexity index is 1430. The van der Waals surface area contributed by atoms with Crippen LogP contribution in [-0.2, 0) is 32.6 Å². The Morgan fingerprint density at radius 2 is 1.57 bits per heavy atom. The first-order valence-corrected chi connectivity index (χ1v) is 15.9. The molecule has 9 heteroatoms. The van der Waals surface area contributed by atoms with Crippen LogP contribution in [0.1, 0.15) is 36.1 Å². The number of anilines is 1. The lowest BCUT2D eigenvalue weighted by Gasteiger charge is -2.33. The molecule has 0 aliphatic carbocycles. The molecule has 214 valence electrons. The van der Waals surface area contributed by atoms with Gasteiger partial charge in [0.2, 0.25) is 21.8 Å². The van der Waals surface area contributed by atoms with Gasteiger partial charge in [-0.15, -0.1) is 0 Å². The number of amides is 2. The van der Waals surface area contributed by atoms with Crippen LogP contribution < -0.4 is 9.62 Å². The number of carbonyl (C=O) groups is 2. The number of rotatable bonds is 12. The number of hydrogen-bond donors (Lipinski definition) is 1. The number of nitrogens with zero attached hydrogens (tertiary/aromatic N) is 2. The monoisotopic (exact) mass is 627 g/mol. The lowest BCUT2D eigenvalue weighted by molar-refractivity contribution is -0.140. The van der Waals surface area contributed by atoms with Crippen molar-refractivity contribution < 1.29 is 18.0 Å². The third-order valence-electron chi connectivity index (χ3n) is 6.66. The van der Waals surface area contributed by atoms with Crippen LogP contribution >= 0.6 is 15.9 Å². The molecule has 40 heavy (non-hydrogen) atoms. The smallest absolute Gasteiger partial charge is 0.244 e. The van der Waals surface area contributed by atoms with E-state index in [9.17, 15) is 18.0 Å². The van der Waals surface area contributed by atoms with Crippen molar-refractivity contribution >= 4 is 43.5 Å². The normalized spacial score (nSPS) is 12.2. The summed E-state index contributed by atoms with van der Waals surface area (Å²) in [4.78, 5) is 29.3. The molecule has 0 aliphatic heterocycles. The number of halogens is 1. The Labute approximate surface area is 246 Å². The number of carbonyl (C=O) groups excluding carboxylic acids is 2. The van der Waals surface area contributed by atoms with Crippen LogP contribution in [0.5, 0.6) is 0 Å². The Balaban J connectivity index is 2.06. The predicted molar refractivity (Wildman–Crippen MR) is 165 cm³/mol. The predicted octanol–water partition coefficient (Wildman–Crippen LogP) is 5.24. The van der Waals surface area contributed by atoms with Gasteiger partial charge in [-0.2, -0.15) is 0 Å². The van der Waals surface area contributed by atoms with Crippen LogP contribution in [0.3, 0.4) is 0 Å². The first-order chi connectivity index (χ1) is 18.8. The van der Waals surface area contributed by atoms with Gasteiger partial charge in [0.1, 0.15) is 12.6 Å². The van der Waals surface area contributed by atoms with Crippen LogP contribution in [0.25, 0.3) is 0 Å². The van der Waals surface area contributed by atoms with Gasteiger partial charge in [0.05, 0.1) is 11.9 Å². The fraction of sp³-hybridized carbons (Fsp3) is 0.355. The summed E-state index contributed by atoms with van der Waals surface area (Å²) in [5.41, 5.74) is 4.05. The molecule has 3 aromatic carbocycles. The highest BCUT2D eigenvalue weighted by Gasteiger charge is 2.33. The summed E-state index contributed by atoms with van der Waals surface area (Å²) < 4.78 is 27.8. The maximum atomic E-state index is 14.1. The zero-order chi connectivity index (χ0) is 29.4. The lowest BCUT2D eigenvalue weighted by atomic mass is 10.0. The average molecular weight is 629 g/mol. The van der Waals surface area contributed by atoms with E-state index in [0.717, 1.165) is 37.3 Å². The third-order valence-corrected chi connectivity index (χ3v) is 8.29. The molecule has 1 atom stereocenters. The zero-order valence-electron chi connectivity index (χ0n) is 23.7. The largest absolute Gasteiger partial charge is 0.354 e. The molecular formula is C31H38BrN3O4S. The van der Waals surface area contributed by atoms with Crippen molar-refractivity contribution in [3.8, 4) is 0 Å². The van der Waals surface area contributed by atoms with Crippen LogP contribution in [0.15, 0.2) is 77.3 Å². The van der Waals surface area contributed by atoms with E-state index in [-0.39, 0.29) is 24.8 Å². The molecule has 2 amide bonds. The summed E-state index contributed by atoms with van der Waals surface area (Å²) in [6.45, 7) is 8.01. The molecule has 3 aromatic rings. The maximum Gasteiger partial charge on any atom is 0.244 e. The van der Waals surface area contributed by atoms with E-state index in [4.69, 9.17) is 0 Å². The number of benzene rings is 3. The van der Waals surface area contributed by atoms with Crippen molar-refractivity contribution in [3.63, 3.8) is 0 Å². The van der Waals surface area contributed by atoms with Gasteiger partial charge < -0.3 is 10.2 Å². The molecule has 0 aliphatic rings. The quantitative estimate of drug-likeness (QED) is 0.297. The van der Waals surface area contributed by atoms with Gasteiger partial charge >= 0.3 is 0 Å². The minimum Gasteiger partial charge on any atom is -0.354 e. The highest BCUT2D eigenvalue weighted by Crippen LogP contribution is 2.23. The van der Waals surface area contributed by atoms with E-state index in [2.05, 4.69) is 21.2 Å². The standard InChI is InChI=1S/C31H38BrN3O4S/c1-22(2)19-33-31(37)29(18-25-10-7-6-8-11-25)34(20-26-12-9-13-27(32)17-26)30(36)21-35(40(5,38)39)28-15-14-23(3)24(4)16-28/h6-17,22,29H,18-21H2,1-5H3,(H,33,37)/t29-/m1/s1. The van der Waals surface area contributed by atoms with Crippen molar-refractivity contribution in [2.24, 2.45) is 5.92 Å². The van der Waals surface area contributed by atoms with Crippen molar-refractivity contribution in [1.82, 2.24) is 10.2 Å². The molecule has 0 aromatic heterocycles. The second kappa shape index (κ2) is 13.9. The molecule has 7 nitrogen and oxygen atoms in total. The van der Waals surface area contributed by atoms with Gasteiger partial charge in [0.25, 0.3) is 0 Å². The molecule has 0 unspecified atom stereocenters. The van der Waals surface area contributed by atoms with Gasteiger partial charge in [-0.3, -0.25) is 13.9 Å². The number of nitrogens with one attached hydrogen (secondary N) is 1. The fourth-order valence-corrected chi connectivity index (χ4v) is 5.59. The van der Waals surface area contributed by atoms with Crippen LogP contribution in [0, 0.1) is 19.8 Å². The van der Waals surface area contributed by atoms with Gasteiger partial charge in [0, 0.05) is 24.0 Å². The first-order valence-electron chi connectivity index (χ1n) is 13.3. The molecule has 0 saturated carbocycles. The molecule has 0 heterocycles. The van der Waals surface area contributed by atoms with E-state index in [1.807, 2.05) is 88.4 Å². The number of aryl methyl sites for hydroxylation is 2. The Hall–Kier alpha value is -3.17. The first kappa shape index (κ1) is 31.4. The van der Waals surface area contributed by atoms with Crippen LogP contribution in [0.4, 0.5) is 5.69 Å². The molecule has 0 bridgehead atoms. The van der Waals surface area contributed by atoms with E-state index in [1.165, 1.54) is 4.90 Å². The molecular weight excluding hydrogens is 590 g/mol. The summed E-state index contributed by atoms with van der Waals surface area (Å²) in [6.07, 6.45) is 1.37. The molecule has 0 saturated heterocycles. The van der Waals surface area contributed by atoms with E-state index in [1.54, 1.807) is 12.1 Å². The third kappa shape index (κ3) is 8.93. The summed E-state index contributed by atoms with van der Waals surface area (Å²) in [6, 6.07) is 21.5. The minimum absolute atomic E-state index is 0.134. The summed E-state index contributed by atoms with van der Waals surface area (Å²) in [7, 11) is -3.80. The van der Waals surface area contributed by atoms with Gasteiger partial charge in [-0.05, 0) is 66.3 Å². The minimum atomic E-state index is -3.80. The molecule has 1 N–H and O–H groups in total. The zero-order valence-corrected chi connectivity index (χ0v) is 26.1. The van der Waals surface area contributed by atoms with Gasteiger partial charge in [-0.25, -0.2) is 8.42 Å². The Kier molecular flexibility index (Phi) is 10.9. The second-order valence-corrected chi connectivity index (χ2v) is 13.4. The van der Waals surface area contributed by atoms with Crippen molar-refractivity contribution in [2.75, 3.05) is 23.7 Å². The van der Waals surface area contributed by atoms with E-state index >= 15 is 0 Å². The Morgan fingerprint density at radius 3 is 2.17 bits per heavy atom. The fourth-order valence-electron chi connectivity index (χ4n) is 4.30. The van der Waals surface area contributed by atoms with Crippen molar-refractivity contribution in [3.05, 3.63) is 99.5 Å². The number of sulfonamides is 1. The Morgan fingerprint density at radius 1 is 0.900 bits per heavy atom. The maximum absolute atomic E-state index is 14.1. The van der Waals surface area contributed by atoms with Crippen LogP contribution in [0.2, 0.25) is 0 Å². The van der Waals surface area contributed by atoms with E-state index in [0.29, 0.717) is 12.2 Å². The molecule has 0 fully saturated rings. The van der Waals surface area contributed by atoms with Crippen molar-refractivity contribution in [2.45, 2.75) is 46.7 Å². The molecule has 3 rings (SSSR count). The molecule has 0 radical (unpaired) electrons. The highest BCUT2D eigenvalue weighted by atomic mass is 79.9.